The fourth-order valence-electron chi connectivity index (χ4n) is 6.19. The van der Waals surface area contributed by atoms with Crippen molar-refractivity contribution in [3.63, 3.8) is 0 Å². The highest BCUT2D eigenvalue weighted by Crippen LogP contribution is 2.61. The van der Waals surface area contributed by atoms with E-state index < -0.39 is 17.5 Å². The minimum Gasteiger partial charge on any atom is -0.300 e. The standard InChI is InChI=1S/C22H20F2N4OS2/c23-15-2-1-3-16(24)14(15)7-17-18(29)25-20(30-17)26-21-28-27-19(31-21)22-8-11-4-12(9-22)6-13(5-11)10-22/h1-3,7,11-13H,4-6,8-10H2,(H,25,26,28,29)/b17-7+. The van der Waals surface area contributed by atoms with E-state index in [1.165, 1.54) is 62.0 Å². The molecule has 0 spiro atoms. The maximum absolute atomic E-state index is 13.9. The number of carbonyl (C=O) groups is 1. The molecule has 1 aliphatic heterocycles. The number of carbonyl (C=O) groups excluding carboxylic acids is 1. The lowest BCUT2D eigenvalue weighted by Crippen LogP contribution is -2.48. The van der Waals surface area contributed by atoms with Crippen LogP contribution in [0.25, 0.3) is 6.08 Å². The average Bonchev–Trinajstić information content (AvgIpc) is 3.31. The quantitative estimate of drug-likeness (QED) is 0.644. The number of halogens is 2. The number of amidine groups is 1. The molecule has 0 radical (unpaired) electrons. The van der Waals surface area contributed by atoms with Gasteiger partial charge >= 0.3 is 0 Å². The molecule has 4 bridgehead atoms. The largest absolute Gasteiger partial charge is 0.300 e. The summed E-state index contributed by atoms with van der Waals surface area (Å²) in [5.41, 5.74) is -0.0777. The number of nitrogens with one attached hydrogen (secondary N) is 1. The summed E-state index contributed by atoms with van der Waals surface area (Å²) in [6.07, 6.45) is 8.94. The molecule has 0 unspecified atom stereocenters. The third-order valence-corrected chi connectivity index (χ3v) is 9.00. The lowest BCUT2D eigenvalue weighted by Gasteiger charge is -2.55. The first-order valence-electron chi connectivity index (χ1n) is 10.5. The van der Waals surface area contributed by atoms with Gasteiger partial charge in [-0.05, 0) is 86.2 Å². The van der Waals surface area contributed by atoms with Crippen molar-refractivity contribution in [1.82, 2.24) is 15.5 Å². The normalized spacial score (nSPS) is 34.1. The molecule has 1 aromatic carbocycles. The Morgan fingerprint density at radius 1 is 1.06 bits per heavy atom. The second-order valence-corrected chi connectivity index (χ2v) is 11.2. The molecule has 5 fully saturated rings. The van der Waals surface area contributed by atoms with E-state index in [9.17, 15) is 13.6 Å². The van der Waals surface area contributed by atoms with Crippen LogP contribution >= 0.6 is 23.1 Å². The van der Waals surface area contributed by atoms with Gasteiger partial charge in [-0.2, -0.15) is 4.99 Å². The van der Waals surface area contributed by atoms with E-state index >= 15 is 0 Å². The van der Waals surface area contributed by atoms with Crippen LogP contribution in [-0.4, -0.2) is 21.3 Å². The summed E-state index contributed by atoms with van der Waals surface area (Å²) in [7, 11) is 0. The number of thioether (sulfide) groups is 1. The van der Waals surface area contributed by atoms with Crippen LogP contribution < -0.4 is 5.32 Å². The van der Waals surface area contributed by atoms with E-state index in [1.54, 1.807) is 0 Å². The fourth-order valence-corrected chi connectivity index (χ4v) is 8.00. The smallest absolute Gasteiger partial charge is 0.264 e. The fraction of sp³-hybridized carbons (Fsp3) is 0.455. The molecule has 1 N–H and O–H groups in total. The monoisotopic (exact) mass is 458 g/mol. The summed E-state index contributed by atoms with van der Waals surface area (Å²) in [4.78, 5) is 16.9. The molecule has 160 valence electrons. The molecule has 31 heavy (non-hydrogen) atoms. The van der Waals surface area contributed by atoms with Crippen LogP contribution in [0.1, 0.15) is 49.1 Å². The Morgan fingerprint density at radius 2 is 1.71 bits per heavy atom. The second kappa shape index (κ2) is 7.20. The Morgan fingerprint density at radius 3 is 2.35 bits per heavy atom. The lowest BCUT2D eigenvalue weighted by molar-refractivity contribution is -0.115. The van der Waals surface area contributed by atoms with Crippen LogP contribution in [0.2, 0.25) is 0 Å². The Bertz CT molecular complexity index is 1090. The molecule has 7 rings (SSSR count). The van der Waals surface area contributed by atoms with E-state index in [1.807, 2.05) is 0 Å². The van der Waals surface area contributed by atoms with Crippen molar-refractivity contribution in [1.29, 1.82) is 0 Å². The molecule has 4 aliphatic carbocycles. The van der Waals surface area contributed by atoms with E-state index in [4.69, 9.17) is 0 Å². The van der Waals surface area contributed by atoms with Crippen molar-refractivity contribution >= 4 is 45.4 Å². The maximum Gasteiger partial charge on any atom is 0.264 e. The zero-order chi connectivity index (χ0) is 21.2. The van der Waals surface area contributed by atoms with Gasteiger partial charge in [0.25, 0.3) is 5.91 Å². The summed E-state index contributed by atoms with van der Waals surface area (Å²) >= 11 is 2.56. The summed E-state index contributed by atoms with van der Waals surface area (Å²) < 4.78 is 27.8. The topological polar surface area (TPSA) is 67.2 Å². The highest BCUT2D eigenvalue weighted by Gasteiger charge is 2.53. The van der Waals surface area contributed by atoms with Crippen LogP contribution in [0.4, 0.5) is 13.9 Å². The highest BCUT2D eigenvalue weighted by molar-refractivity contribution is 8.18. The van der Waals surface area contributed by atoms with E-state index in [2.05, 4.69) is 20.5 Å². The number of benzene rings is 1. The van der Waals surface area contributed by atoms with Crippen molar-refractivity contribution in [3.8, 4) is 0 Å². The van der Waals surface area contributed by atoms with Gasteiger partial charge in [0.1, 0.15) is 16.6 Å². The minimum absolute atomic E-state index is 0.157. The number of aliphatic imine (C=N–C) groups is 1. The van der Waals surface area contributed by atoms with Crippen LogP contribution in [-0.2, 0) is 10.2 Å². The molecule has 5 nitrogen and oxygen atoms in total. The van der Waals surface area contributed by atoms with E-state index in [0.717, 1.165) is 46.7 Å². The Labute approximate surface area is 186 Å². The molecule has 2 heterocycles. The first-order chi connectivity index (χ1) is 15.0. The molecule has 9 heteroatoms. The molecule has 1 saturated heterocycles. The SMILES string of the molecule is O=C1NC(=Nc2nnc(C34CC5CC(CC(C5)C3)C4)s2)S/C1=C/c1c(F)cccc1F. The number of hydrogen-bond acceptors (Lipinski definition) is 6. The Hall–Kier alpha value is -2.13. The van der Waals surface area contributed by atoms with E-state index in [0.29, 0.717) is 10.3 Å². The van der Waals surface area contributed by atoms with Gasteiger partial charge in [-0.15, -0.1) is 10.2 Å². The van der Waals surface area contributed by atoms with Crippen LogP contribution in [0, 0.1) is 29.4 Å². The van der Waals surface area contributed by atoms with Gasteiger partial charge in [-0.1, -0.05) is 17.4 Å². The third-order valence-electron chi connectivity index (χ3n) is 7.03. The zero-order valence-electron chi connectivity index (χ0n) is 16.6. The highest BCUT2D eigenvalue weighted by atomic mass is 32.2. The maximum atomic E-state index is 13.9. The zero-order valence-corrected chi connectivity index (χ0v) is 18.2. The van der Waals surface area contributed by atoms with Gasteiger partial charge in [-0.25, -0.2) is 8.78 Å². The molecule has 4 saturated carbocycles. The average molecular weight is 459 g/mol. The van der Waals surface area contributed by atoms with Crippen LogP contribution in [0.15, 0.2) is 28.1 Å². The van der Waals surface area contributed by atoms with E-state index in [-0.39, 0.29) is 15.9 Å². The van der Waals surface area contributed by atoms with Gasteiger partial charge < -0.3 is 5.32 Å². The van der Waals surface area contributed by atoms with Crippen molar-refractivity contribution in [2.45, 2.75) is 43.9 Å². The molecular weight excluding hydrogens is 438 g/mol. The summed E-state index contributed by atoms with van der Waals surface area (Å²) in [5, 5.41) is 13.4. The van der Waals surface area contributed by atoms with Gasteiger partial charge in [0.05, 0.1) is 4.91 Å². The molecule has 0 atom stereocenters. The molecule has 2 aromatic rings. The van der Waals surface area contributed by atoms with Gasteiger partial charge in [-0.3, -0.25) is 4.79 Å². The Balaban J connectivity index is 1.24. The number of nitrogens with zero attached hydrogens (tertiary/aromatic N) is 3. The summed E-state index contributed by atoms with van der Waals surface area (Å²) in [6, 6.07) is 3.61. The second-order valence-electron chi connectivity index (χ2n) is 9.20. The number of hydrogen-bond donors (Lipinski definition) is 1. The van der Waals surface area contributed by atoms with Crippen molar-refractivity contribution in [3.05, 3.63) is 45.3 Å². The first kappa shape index (κ1) is 19.5. The molecule has 1 aromatic heterocycles. The summed E-state index contributed by atoms with van der Waals surface area (Å²) in [5.74, 6) is 0.603. The Kier molecular flexibility index (Phi) is 4.54. The number of aromatic nitrogens is 2. The number of amides is 1. The van der Waals surface area contributed by atoms with Crippen LogP contribution in [0.3, 0.4) is 0 Å². The predicted molar refractivity (Wildman–Crippen MR) is 117 cm³/mol. The molecule has 5 aliphatic rings. The first-order valence-corrected chi connectivity index (χ1v) is 12.2. The van der Waals surface area contributed by atoms with Crippen molar-refractivity contribution in [2.24, 2.45) is 22.7 Å². The van der Waals surface area contributed by atoms with Gasteiger partial charge in [0.15, 0.2) is 5.17 Å². The lowest BCUT2D eigenvalue weighted by atomic mass is 9.50. The van der Waals surface area contributed by atoms with Crippen molar-refractivity contribution in [2.75, 3.05) is 0 Å². The van der Waals surface area contributed by atoms with Gasteiger partial charge in [0, 0.05) is 11.0 Å². The third kappa shape index (κ3) is 3.42. The molecule has 1 amide bonds. The number of rotatable bonds is 3. The molecular formula is C22H20F2N4OS2. The summed E-state index contributed by atoms with van der Waals surface area (Å²) in [6.45, 7) is 0. The van der Waals surface area contributed by atoms with Crippen LogP contribution in [0.5, 0.6) is 0 Å². The minimum atomic E-state index is -0.712. The van der Waals surface area contributed by atoms with Crippen molar-refractivity contribution < 1.29 is 13.6 Å². The predicted octanol–water partition coefficient (Wildman–Crippen LogP) is 5.18. The van der Waals surface area contributed by atoms with Gasteiger partial charge in [0.2, 0.25) is 5.13 Å².